The highest BCUT2D eigenvalue weighted by Crippen LogP contribution is 2.30. The molecule has 4 heterocycles. The Kier molecular flexibility index (Phi) is 8.15. The summed E-state index contributed by atoms with van der Waals surface area (Å²) in [6, 6.07) is 13.9. The molecular formula is C31H37N5O5S. The van der Waals surface area contributed by atoms with E-state index in [2.05, 4.69) is 19.6 Å². The van der Waals surface area contributed by atoms with Crippen LogP contribution in [0.4, 0.5) is 5.95 Å². The maximum Gasteiger partial charge on any atom is 0.264 e. The fourth-order valence-electron chi connectivity index (χ4n) is 6.10. The maximum absolute atomic E-state index is 13.7. The van der Waals surface area contributed by atoms with Crippen molar-refractivity contribution in [1.29, 1.82) is 0 Å². The van der Waals surface area contributed by atoms with Crippen molar-refractivity contribution in [2.24, 2.45) is 5.92 Å². The lowest BCUT2D eigenvalue weighted by Crippen LogP contribution is -2.40. The number of hydrogen-bond donors (Lipinski definition) is 1. The van der Waals surface area contributed by atoms with Gasteiger partial charge in [0.1, 0.15) is 6.10 Å². The summed E-state index contributed by atoms with van der Waals surface area (Å²) >= 11 is 0. The zero-order valence-corrected chi connectivity index (χ0v) is 24.9. The third-order valence-corrected chi connectivity index (χ3v) is 9.72. The van der Waals surface area contributed by atoms with Gasteiger partial charge in [0, 0.05) is 50.0 Å². The summed E-state index contributed by atoms with van der Waals surface area (Å²) < 4.78 is 41.4. The third-order valence-electron chi connectivity index (χ3n) is 8.40. The van der Waals surface area contributed by atoms with E-state index in [1.54, 1.807) is 23.1 Å². The van der Waals surface area contributed by atoms with E-state index in [9.17, 15) is 13.2 Å². The van der Waals surface area contributed by atoms with Gasteiger partial charge in [-0.25, -0.2) is 18.1 Å². The summed E-state index contributed by atoms with van der Waals surface area (Å²) in [7, 11) is -4.08. The largest absolute Gasteiger partial charge is 0.471 e. The van der Waals surface area contributed by atoms with E-state index in [0.29, 0.717) is 43.4 Å². The van der Waals surface area contributed by atoms with E-state index in [4.69, 9.17) is 9.47 Å². The summed E-state index contributed by atoms with van der Waals surface area (Å²) in [6.07, 6.45) is 2.85. The van der Waals surface area contributed by atoms with Crippen LogP contribution in [0.5, 0.6) is 5.88 Å². The highest BCUT2D eigenvalue weighted by Gasteiger charge is 2.30. The van der Waals surface area contributed by atoms with Crippen molar-refractivity contribution in [1.82, 2.24) is 19.8 Å². The number of nitrogens with one attached hydrogen (secondary N) is 1. The standard InChI is InChI=1S/C31H37N5O5S/c1-21-5-3-6-22(2)29(21)27-18-28-33-31(32-27)34-42(38,39)26-8-4-7-24(17-26)30(37)36-14-13-35(19-25(20-36)41-28)12-9-23-10-15-40-16-11-23/h3-8,17-18,23,25H,9-16,19-20H2,1-2H3,(H,32,33,34). The van der Waals surface area contributed by atoms with Gasteiger partial charge in [0.05, 0.1) is 17.1 Å². The Morgan fingerprint density at radius 3 is 2.52 bits per heavy atom. The van der Waals surface area contributed by atoms with Crippen molar-refractivity contribution in [3.63, 3.8) is 0 Å². The minimum atomic E-state index is -4.08. The van der Waals surface area contributed by atoms with Gasteiger partial charge in [0.15, 0.2) is 0 Å². The molecule has 2 fully saturated rings. The first-order valence-electron chi connectivity index (χ1n) is 14.6. The molecule has 3 aliphatic rings. The second kappa shape index (κ2) is 12.0. The Balaban J connectivity index is 1.39. The SMILES string of the molecule is Cc1cccc(C)c1-c1cc2nc(n1)NS(=O)(=O)c1cccc(c1)C(=O)N1CCN(CCC3CCOCC3)CC(C1)O2. The Morgan fingerprint density at radius 1 is 0.976 bits per heavy atom. The Bertz CT molecular complexity index is 1550. The predicted octanol–water partition coefficient (Wildman–Crippen LogP) is 3.90. The fraction of sp³-hybridized carbons (Fsp3) is 0.452. The number of sulfonamides is 1. The number of carbonyl (C=O) groups excluding carboxylic acids is 1. The van der Waals surface area contributed by atoms with Crippen LogP contribution in [0.1, 0.15) is 40.7 Å². The monoisotopic (exact) mass is 591 g/mol. The van der Waals surface area contributed by atoms with Crippen LogP contribution in [-0.4, -0.2) is 86.1 Å². The first-order valence-corrected chi connectivity index (χ1v) is 16.1. The van der Waals surface area contributed by atoms with Crippen LogP contribution in [0.15, 0.2) is 53.4 Å². The van der Waals surface area contributed by atoms with Gasteiger partial charge < -0.3 is 14.4 Å². The summed E-state index contributed by atoms with van der Waals surface area (Å²) in [6.45, 7) is 8.74. The van der Waals surface area contributed by atoms with Gasteiger partial charge in [-0.15, -0.1) is 0 Å². The van der Waals surface area contributed by atoms with E-state index >= 15 is 0 Å². The van der Waals surface area contributed by atoms with Crippen molar-refractivity contribution in [3.05, 3.63) is 65.2 Å². The molecule has 10 nitrogen and oxygen atoms in total. The van der Waals surface area contributed by atoms with Crippen LogP contribution >= 0.6 is 0 Å². The lowest BCUT2D eigenvalue weighted by Gasteiger charge is -2.27. The minimum Gasteiger partial charge on any atom is -0.471 e. The first-order chi connectivity index (χ1) is 20.2. The van der Waals surface area contributed by atoms with Gasteiger partial charge in [-0.05, 0) is 74.9 Å². The van der Waals surface area contributed by atoms with E-state index in [1.807, 2.05) is 32.0 Å². The molecule has 0 radical (unpaired) electrons. The third kappa shape index (κ3) is 6.28. The second-order valence-electron chi connectivity index (χ2n) is 11.5. The molecule has 1 amide bonds. The molecule has 0 saturated carbocycles. The molecule has 1 atom stereocenters. The Morgan fingerprint density at radius 2 is 1.74 bits per heavy atom. The van der Waals surface area contributed by atoms with Crippen LogP contribution in [0.2, 0.25) is 0 Å². The topological polar surface area (TPSA) is 114 Å². The number of aryl methyl sites for hydroxylation is 2. The number of fused-ring (bicyclic) bond motifs is 6. The number of aromatic nitrogens is 2. The molecule has 1 N–H and O–H groups in total. The highest BCUT2D eigenvalue weighted by molar-refractivity contribution is 7.92. The number of carbonyl (C=O) groups is 1. The zero-order valence-electron chi connectivity index (χ0n) is 24.1. The van der Waals surface area contributed by atoms with E-state index < -0.39 is 10.0 Å². The number of nitrogens with zero attached hydrogens (tertiary/aromatic N) is 4. The number of amides is 1. The van der Waals surface area contributed by atoms with Crippen LogP contribution in [0.3, 0.4) is 0 Å². The van der Waals surface area contributed by atoms with Crippen LogP contribution < -0.4 is 9.46 Å². The quantitative estimate of drug-likeness (QED) is 0.486. The molecule has 2 aromatic carbocycles. The van der Waals surface area contributed by atoms with Gasteiger partial charge in [-0.2, -0.15) is 4.98 Å². The fourth-order valence-corrected chi connectivity index (χ4v) is 7.09. The van der Waals surface area contributed by atoms with Crippen molar-refractivity contribution < 1.29 is 22.7 Å². The number of rotatable bonds is 4. The summed E-state index contributed by atoms with van der Waals surface area (Å²) in [5.41, 5.74) is 3.78. The van der Waals surface area contributed by atoms with Crippen molar-refractivity contribution in [2.75, 3.05) is 50.7 Å². The molecule has 42 heavy (non-hydrogen) atoms. The van der Waals surface area contributed by atoms with Crippen LogP contribution in [0, 0.1) is 19.8 Å². The molecule has 222 valence electrons. The molecule has 1 unspecified atom stereocenters. The summed E-state index contributed by atoms with van der Waals surface area (Å²) in [4.78, 5) is 26.9. The van der Waals surface area contributed by atoms with Crippen molar-refractivity contribution >= 4 is 21.9 Å². The molecular weight excluding hydrogens is 554 g/mol. The smallest absolute Gasteiger partial charge is 0.264 e. The first kappa shape index (κ1) is 28.6. The molecule has 1 aromatic heterocycles. The molecule has 3 aromatic rings. The average Bonchev–Trinajstić information content (AvgIpc) is 3.17. The molecule has 0 spiro atoms. The van der Waals surface area contributed by atoms with Gasteiger partial charge in [-0.3, -0.25) is 9.69 Å². The number of hydrogen-bond acceptors (Lipinski definition) is 8. The lowest BCUT2D eigenvalue weighted by atomic mass is 9.96. The molecule has 3 aliphatic heterocycles. The van der Waals surface area contributed by atoms with E-state index in [0.717, 1.165) is 55.7 Å². The average molecular weight is 592 g/mol. The molecule has 11 heteroatoms. The molecule has 6 rings (SSSR count). The van der Waals surface area contributed by atoms with Crippen molar-refractivity contribution in [3.8, 4) is 17.1 Å². The van der Waals surface area contributed by atoms with Gasteiger partial charge in [-0.1, -0.05) is 24.3 Å². The summed E-state index contributed by atoms with van der Waals surface area (Å²) in [5, 5.41) is 0. The normalized spacial score (nSPS) is 21.2. The zero-order chi connectivity index (χ0) is 29.3. The van der Waals surface area contributed by atoms with Crippen LogP contribution in [-0.2, 0) is 14.8 Å². The number of benzene rings is 2. The summed E-state index contributed by atoms with van der Waals surface area (Å²) in [5.74, 6) is 0.593. The molecule has 2 saturated heterocycles. The van der Waals surface area contributed by atoms with Gasteiger partial charge in [0.2, 0.25) is 11.8 Å². The highest BCUT2D eigenvalue weighted by atomic mass is 32.2. The van der Waals surface area contributed by atoms with Crippen LogP contribution in [0.25, 0.3) is 11.3 Å². The van der Waals surface area contributed by atoms with Gasteiger partial charge >= 0.3 is 0 Å². The molecule has 6 bridgehead atoms. The Labute approximate surface area is 247 Å². The predicted molar refractivity (Wildman–Crippen MR) is 159 cm³/mol. The van der Waals surface area contributed by atoms with E-state index in [-0.39, 0.29) is 28.7 Å². The van der Waals surface area contributed by atoms with E-state index in [1.165, 1.54) is 12.1 Å². The van der Waals surface area contributed by atoms with Gasteiger partial charge in [0.25, 0.3) is 15.9 Å². The second-order valence-corrected chi connectivity index (χ2v) is 13.1. The molecule has 0 aliphatic carbocycles. The maximum atomic E-state index is 13.7. The number of ether oxygens (including phenoxy) is 2. The van der Waals surface area contributed by atoms with Crippen molar-refractivity contribution in [2.45, 2.75) is 44.1 Å². The lowest BCUT2D eigenvalue weighted by molar-refractivity contribution is 0.0583. The number of anilines is 1. The minimum absolute atomic E-state index is 0.0272. The Hall–Kier alpha value is -3.54.